The minimum absolute atomic E-state index is 0.0634. The summed E-state index contributed by atoms with van der Waals surface area (Å²) in [5.74, 6) is 0.395. The number of pyridine rings is 2. The van der Waals surface area contributed by atoms with Gasteiger partial charge in [0.25, 0.3) is 5.56 Å². The van der Waals surface area contributed by atoms with Crippen LogP contribution in [-0.4, -0.2) is 9.55 Å². The highest BCUT2D eigenvalue weighted by atomic mass is 35.5. The monoisotopic (exact) mass is 381 g/mol. The van der Waals surface area contributed by atoms with Crippen molar-refractivity contribution in [1.29, 1.82) is 0 Å². The van der Waals surface area contributed by atoms with E-state index in [1.165, 1.54) is 0 Å². The number of rotatable bonds is 4. The molecule has 6 nitrogen and oxygen atoms in total. The Balaban J connectivity index is 2.17. The zero-order valence-electron chi connectivity index (χ0n) is 15.3. The number of hydrogen-bond acceptors (Lipinski definition) is 4. The van der Waals surface area contributed by atoms with Gasteiger partial charge in [-0.1, -0.05) is 23.7 Å². The van der Waals surface area contributed by atoms with Gasteiger partial charge in [-0.2, -0.15) is 0 Å². The summed E-state index contributed by atoms with van der Waals surface area (Å²) in [4.78, 5) is 20.8. The Labute approximate surface area is 162 Å². The Hall–Kier alpha value is -3.04. The molecule has 0 aliphatic rings. The Morgan fingerprint density at radius 2 is 2.04 bits per heavy atom. The van der Waals surface area contributed by atoms with E-state index in [4.69, 9.17) is 23.9 Å². The number of hydrogen-bond donors (Lipinski definition) is 2. The molecule has 2 aromatic heterocycles. The largest absolute Gasteiger partial charge is 0.407 e. The lowest BCUT2D eigenvalue weighted by Crippen LogP contribution is -2.28. The summed E-state index contributed by atoms with van der Waals surface area (Å²) in [6, 6.07) is 8.60. The molecule has 0 aliphatic heterocycles. The Kier molecular flexibility index (Phi) is 5.06. The molecule has 0 bridgehead atoms. The van der Waals surface area contributed by atoms with Crippen molar-refractivity contribution >= 4 is 39.6 Å². The summed E-state index contributed by atoms with van der Waals surface area (Å²) in [6.07, 6.45) is 1.55. The first-order valence-electron chi connectivity index (χ1n) is 8.57. The van der Waals surface area contributed by atoms with Crippen molar-refractivity contribution in [3.63, 3.8) is 0 Å². The van der Waals surface area contributed by atoms with Crippen LogP contribution < -0.4 is 16.6 Å². The van der Waals surface area contributed by atoms with Gasteiger partial charge in [-0.3, -0.25) is 9.78 Å². The molecule has 7 heteroatoms. The van der Waals surface area contributed by atoms with Crippen molar-refractivity contribution in [2.75, 3.05) is 11.1 Å². The van der Waals surface area contributed by atoms with E-state index in [1.54, 1.807) is 22.9 Å². The fourth-order valence-corrected chi connectivity index (χ4v) is 3.45. The standard InChI is InChI=1S/C20H20ClN5O/c1-11(2)26-16(10-13-6-5-7-14(21)17(13)20(26)27)12(3)25-19-18(23-4)15(22)8-9-24-19/h5-12H,1-3H3,(H3,22,24,25)/t12-/m0/s1. The molecule has 0 spiro atoms. The number of nitrogens with one attached hydrogen (secondary N) is 1. The summed E-state index contributed by atoms with van der Waals surface area (Å²) >= 11 is 6.27. The van der Waals surface area contributed by atoms with E-state index >= 15 is 0 Å². The number of nitrogens with two attached hydrogens (primary N) is 1. The molecule has 0 unspecified atom stereocenters. The van der Waals surface area contributed by atoms with E-state index in [0.29, 0.717) is 21.9 Å². The fourth-order valence-electron chi connectivity index (χ4n) is 3.19. The number of benzene rings is 1. The van der Waals surface area contributed by atoms with Gasteiger partial charge in [-0.25, -0.2) is 4.85 Å². The molecule has 0 radical (unpaired) electrons. The molecule has 0 aliphatic carbocycles. The normalized spacial score (nSPS) is 12.1. The molecule has 0 amide bonds. The van der Waals surface area contributed by atoms with Crippen molar-refractivity contribution in [2.45, 2.75) is 32.9 Å². The fraction of sp³-hybridized carbons (Fsp3) is 0.250. The molecule has 1 aromatic carbocycles. The highest BCUT2D eigenvalue weighted by Crippen LogP contribution is 2.32. The number of nitrogen functional groups attached to an aromatic ring is 1. The molecular weight excluding hydrogens is 362 g/mol. The molecule has 1 atom stereocenters. The van der Waals surface area contributed by atoms with Crippen LogP contribution in [0.1, 0.15) is 38.5 Å². The summed E-state index contributed by atoms with van der Waals surface area (Å²) < 4.78 is 1.72. The molecule has 2 heterocycles. The van der Waals surface area contributed by atoms with Crippen LogP contribution >= 0.6 is 11.6 Å². The third-order valence-electron chi connectivity index (χ3n) is 4.44. The maximum Gasteiger partial charge on any atom is 0.260 e. The first kappa shape index (κ1) is 18.7. The van der Waals surface area contributed by atoms with Crippen molar-refractivity contribution in [3.05, 3.63) is 69.0 Å². The lowest BCUT2D eigenvalue weighted by molar-refractivity contribution is 0.541. The second kappa shape index (κ2) is 7.29. The number of aromatic nitrogens is 2. The van der Waals surface area contributed by atoms with Crippen LogP contribution in [-0.2, 0) is 0 Å². The van der Waals surface area contributed by atoms with Gasteiger partial charge in [0, 0.05) is 23.6 Å². The Bertz CT molecular complexity index is 1110. The molecule has 0 fully saturated rings. The summed E-state index contributed by atoms with van der Waals surface area (Å²) in [6.45, 7) is 13.2. The van der Waals surface area contributed by atoms with E-state index < -0.39 is 0 Å². The highest BCUT2D eigenvalue weighted by molar-refractivity contribution is 6.35. The molecule has 0 saturated carbocycles. The average molecular weight is 382 g/mol. The van der Waals surface area contributed by atoms with Crippen molar-refractivity contribution in [1.82, 2.24) is 9.55 Å². The summed E-state index contributed by atoms with van der Waals surface area (Å²) in [7, 11) is 0. The predicted molar refractivity (Wildman–Crippen MR) is 111 cm³/mol. The maximum absolute atomic E-state index is 13.1. The third kappa shape index (κ3) is 3.34. The van der Waals surface area contributed by atoms with Gasteiger partial charge in [0.1, 0.15) is 5.82 Å². The van der Waals surface area contributed by atoms with Crippen LogP contribution in [0.4, 0.5) is 17.2 Å². The molecule has 3 N–H and O–H groups in total. The SMILES string of the molecule is [C-]#[N+]c1c(N)ccnc1N[C@@H](C)c1cc2cccc(Cl)c2c(=O)n1C(C)C. The topological polar surface area (TPSA) is 77.3 Å². The van der Waals surface area contributed by atoms with Gasteiger partial charge in [0.2, 0.25) is 5.69 Å². The second-order valence-electron chi connectivity index (χ2n) is 6.62. The van der Waals surface area contributed by atoms with E-state index in [2.05, 4.69) is 15.1 Å². The van der Waals surface area contributed by atoms with Crippen molar-refractivity contribution < 1.29 is 0 Å². The van der Waals surface area contributed by atoms with Gasteiger partial charge < -0.3 is 15.6 Å². The number of fused-ring (bicyclic) bond motifs is 1. The second-order valence-corrected chi connectivity index (χ2v) is 7.02. The highest BCUT2D eigenvalue weighted by Gasteiger charge is 2.19. The van der Waals surface area contributed by atoms with Gasteiger partial charge in [-0.15, -0.1) is 0 Å². The third-order valence-corrected chi connectivity index (χ3v) is 4.76. The van der Waals surface area contributed by atoms with E-state index in [9.17, 15) is 4.79 Å². The maximum atomic E-state index is 13.1. The van der Waals surface area contributed by atoms with Crippen LogP contribution in [0.5, 0.6) is 0 Å². The zero-order valence-corrected chi connectivity index (χ0v) is 16.1. The van der Waals surface area contributed by atoms with Gasteiger partial charge in [0.15, 0.2) is 0 Å². The van der Waals surface area contributed by atoms with Gasteiger partial charge in [-0.05, 0) is 44.4 Å². The minimum atomic E-state index is -0.279. The van der Waals surface area contributed by atoms with Crippen molar-refractivity contribution in [3.8, 4) is 0 Å². The molecular formula is C20H20ClN5O. The summed E-state index contributed by atoms with van der Waals surface area (Å²) in [5.41, 5.74) is 7.15. The van der Waals surface area contributed by atoms with E-state index in [-0.39, 0.29) is 23.3 Å². The van der Waals surface area contributed by atoms with Crippen LogP contribution in [0, 0.1) is 6.57 Å². The van der Waals surface area contributed by atoms with Gasteiger partial charge >= 0.3 is 0 Å². The van der Waals surface area contributed by atoms with Crippen LogP contribution in [0.2, 0.25) is 5.02 Å². The average Bonchev–Trinajstić information content (AvgIpc) is 2.61. The zero-order chi connectivity index (χ0) is 19.7. The summed E-state index contributed by atoms with van der Waals surface area (Å²) in [5, 5.41) is 4.94. The van der Waals surface area contributed by atoms with Gasteiger partial charge in [0.05, 0.1) is 23.0 Å². The predicted octanol–water partition coefficient (Wildman–Crippen LogP) is 4.94. The minimum Gasteiger partial charge on any atom is -0.407 e. The first-order valence-corrected chi connectivity index (χ1v) is 8.95. The quantitative estimate of drug-likeness (QED) is 0.627. The molecule has 0 saturated heterocycles. The lowest BCUT2D eigenvalue weighted by Gasteiger charge is -2.24. The van der Waals surface area contributed by atoms with Crippen LogP contribution in [0.25, 0.3) is 15.6 Å². The van der Waals surface area contributed by atoms with Crippen LogP contribution in [0.15, 0.2) is 41.3 Å². The van der Waals surface area contributed by atoms with E-state index in [0.717, 1.165) is 11.1 Å². The Morgan fingerprint density at radius 3 is 2.70 bits per heavy atom. The Morgan fingerprint density at radius 1 is 1.30 bits per heavy atom. The number of anilines is 2. The van der Waals surface area contributed by atoms with Crippen LogP contribution in [0.3, 0.4) is 0 Å². The first-order chi connectivity index (χ1) is 12.8. The van der Waals surface area contributed by atoms with Crippen molar-refractivity contribution in [2.24, 2.45) is 0 Å². The molecule has 27 heavy (non-hydrogen) atoms. The smallest absolute Gasteiger partial charge is 0.260 e. The molecule has 3 aromatic rings. The number of halogens is 1. The lowest BCUT2D eigenvalue weighted by atomic mass is 10.1. The number of nitrogens with zero attached hydrogens (tertiary/aromatic N) is 3. The molecule has 3 rings (SSSR count). The van der Waals surface area contributed by atoms with E-state index in [1.807, 2.05) is 39.0 Å². The molecule has 138 valence electrons.